The van der Waals surface area contributed by atoms with Crippen LogP contribution in [-0.2, 0) is 0 Å². The summed E-state index contributed by atoms with van der Waals surface area (Å²) < 4.78 is 2.87. The molecule has 4 rings (SSSR count). The lowest BCUT2D eigenvalue weighted by Gasteiger charge is -1.94. The molecule has 4 aromatic rings. The number of benzene rings is 2. The zero-order valence-corrected chi connectivity index (χ0v) is 16.4. The Kier molecular flexibility index (Phi) is 4.72. The highest BCUT2D eigenvalue weighted by atomic mass is 79.9. The maximum atomic E-state index is 12.6. The molecule has 26 heavy (non-hydrogen) atoms. The van der Waals surface area contributed by atoms with Gasteiger partial charge in [0.2, 0.25) is 4.96 Å². The monoisotopic (exact) mass is 443 g/mol. The highest BCUT2D eigenvalue weighted by Crippen LogP contribution is 2.16. The summed E-state index contributed by atoms with van der Waals surface area (Å²) in [6.07, 6.45) is 5.50. The van der Waals surface area contributed by atoms with Gasteiger partial charge < -0.3 is 0 Å². The second kappa shape index (κ2) is 7.15. The van der Waals surface area contributed by atoms with Crippen molar-refractivity contribution in [3.05, 3.63) is 89.9 Å². The predicted octanol–water partition coefficient (Wildman–Crippen LogP) is 4.29. The third-order valence-corrected chi connectivity index (χ3v) is 5.62. The summed E-state index contributed by atoms with van der Waals surface area (Å²) in [5.74, 6) is 0.496. The van der Waals surface area contributed by atoms with Crippen LogP contribution in [0.2, 0.25) is 5.02 Å². The Hall–Kier alpha value is -2.28. The van der Waals surface area contributed by atoms with Crippen LogP contribution in [0.25, 0.3) is 23.2 Å². The van der Waals surface area contributed by atoms with Gasteiger partial charge in [-0.25, -0.2) is 0 Å². The van der Waals surface area contributed by atoms with E-state index in [-0.39, 0.29) is 5.56 Å². The summed E-state index contributed by atoms with van der Waals surface area (Å²) in [6, 6.07) is 15.2. The normalized spacial score (nSPS) is 12.5. The van der Waals surface area contributed by atoms with E-state index in [1.54, 1.807) is 6.08 Å². The Morgan fingerprint density at radius 2 is 1.85 bits per heavy atom. The molecule has 0 aliphatic rings. The summed E-state index contributed by atoms with van der Waals surface area (Å²) in [5.41, 5.74) is 1.76. The van der Waals surface area contributed by atoms with E-state index in [9.17, 15) is 4.79 Å². The van der Waals surface area contributed by atoms with Gasteiger partial charge in [-0.3, -0.25) is 4.79 Å². The zero-order valence-electron chi connectivity index (χ0n) is 13.3. The molecule has 2 aromatic heterocycles. The minimum atomic E-state index is -0.167. The van der Waals surface area contributed by atoms with Crippen molar-refractivity contribution in [3.8, 4) is 0 Å². The molecule has 2 aromatic carbocycles. The van der Waals surface area contributed by atoms with E-state index >= 15 is 0 Å². The zero-order chi connectivity index (χ0) is 18.1. The third-order valence-electron chi connectivity index (χ3n) is 3.68. The lowest BCUT2D eigenvalue weighted by molar-refractivity contribution is 0.925. The van der Waals surface area contributed by atoms with Crippen molar-refractivity contribution in [1.29, 1.82) is 0 Å². The van der Waals surface area contributed by atoms with Gasteiger partial charge in [0, 0.05) is 9.50 Å². The molecule has 0 spiro atoms. The van der Waals surface area contributed by atoms with Crippen LogP contribution in [0, 0.1) is 0 Å². The molecule has 0 fully saturated rings. The number of fused-ring (bicyclic) bond motifs is 1. The van der Waals surface area contributed by atoms with Crippen molar-refractivity contribution < 1.29 is 0 Å². The van der Waals surface area contributed by atoms with Gasteiger partial charge in [-0.05, 0) is 41.5 Å². The lowest BCUT2D eigenvalue weighted by atomic mass is 10.2. The molecular weight excluding hydrogens is 434 g/mol. The molecule has 0 aliphatic carbocycles. The summed E-state index contributed by atoms with van der Waals surface area (Å²) in [5, 5.41) is 4.98. The van der Waals surface area contributed by atoms with E-state index in [1.807, 2.05) is 60.7 Å². The SMILES string of the molecule is O=c1/c(=C\c2ccccc2Br)sc2nc(/C=C/c3ccc(Cl)cc3)nn12. The number of aromatic nitrogens is 3. The van der Waals surface area contributed by atoms with Crippen molar-refractivity contribution in [1.82, 2.24) is 14.6 Å². The second-order valence-electron chi connectivity index (χ2n) is 5.49. The number of nitrogens with zero attached hydrogens (tertiary/aromatic N) is 3. The summed E-state index contributed by atoms with van der Waals surface area (Å²) in [7, 11) is 0. The average molecular weight is 445 g/mol. The van der Waals surface area contributed by atoms with Crippen molar-refractivity contribution in [2.45, 2.75) is 0 Å². The van der Waals surface area contributed by atoms with Crippen LogP contribution in [0.3, 0.4) is 0 Å². The molecule has 0 aliphatic heterocycles. The van der Waals surface area contributed by atoms with Crippen LogP contribution >= 0.6 is 38.9 Å². The molecule has 4 nitrogen and oxygen atoms in total. The number of hydrogen-bond acceptors (Lipinski definition) is 4. The van der Waals surface area contributed by atoms with E-state index in [0.717, 1.165) is 15.6 Å². The van der Waals surface area contributed by atoms with Crippen LogP contribution in [-0.4, -0.2) is 14.6 Å². The molecule has 0 unspecified atom stereocenters. The van der Waals surface area contributed by atoms with Crippen molar-refractivity contribution in [2.75, 3.05) is 0 Å². The van der Waals surface area contributed by atoms with Crippen molar-refractivity contribution >= 4 is 62.1 Å². The molecular formula is C19H11BrClN3OS. The van der Waals surface area contributed by atoms with Gasteiger partial charge in [0.15, 0.2) is 5.82 Å². The van der Waals surface area contributed by atoms with Gasteiger partial charge in [-0.15, -0.1) is 5.10 Å². The van der Waals surface area contributed by atoms with Gasteiger partial charge in [0.05, 0.1) is 4.53 Å². The van der Waals surface area contributed by atoms with Gasteiger partial charge >= 0.3 is 0 Å². The summed E-state index contributed by atoms with van der Waals surface area (Å²) in [6.45, 7) is 0. The molecule has 2 heterocycles. The molecule has 0 amide bonds. The maximum Gasteiger partial charge on any atom is 0.291 e. The minimum Gasteiger partial charge on any atom is -0.266 e. The number of thiazole rings is 1. The Morgan fingerprint density at radius 3 is 2.58 bits per heavy atom. The van der Waals surface area contributed by atoms with Crippen LogP contribution in [0.15, 0.2) is 57.8 Å². The van der Waals surface area contributed by atoms with E-state index in [4.69, 9.17) is 11.6 Å². The second-order valence-corrected chi connectivity index (χ2v) is 7.79. The summed E-state index contributed by atoms with van der Waals surface area (Å²) >= 11 is 10.7. The molecule has 0 radical (unpaired) electrons. The third kappa shape index (κ3) is 3.49. The van der Waals surface area contributed by atoms with Crippen LogP contribution in [0.4, 0.5) is 0 Å². The van der Waals surface area contributed by atoms with Crippen LogP contribution in [0.5, 0.6) is 0 Å². The molecule has 0 atom stereocenters. The molecule has 0 saturated heterocycles. The molecule has 0 N–H and O–H groups in total. The van der Waals surface area contributed by atoms with Crippen molar-refractivity contribution in [3.63, 3.8) is 0 Å². The van der Waals surface area contributed by atoms with Gasteiger partial charge in [0.25, 0.3) is 5.56 Å². The van der Waals surface area contributed by atoms with Gasteiger partial charge in [0.1, 0.15) is 0 Å². The first-order chi connectivity index (χ1) is 12.6. The van der Waals surface area contributed by atoms with E-state index in [1.165, 1.54) is 15.9 Å². The lowest BCUT2D eigenvalue weighted by Crippen LogP contribution is -2.23. The maximum absolute atomic E-state index is 12.6. The van der Waals surface area contributed by atoms with Gasteiger partial charge in [-0.1, -0.05) is 75.3 Å². The molecule has 7 heteroatoms. The Balaban J connectivity index is 1.69. The molecule has 0 saturated carbocycles. The first kappa shape index (κ1) is 17.1. The standard InChI is InChI=1S/C19H11BrClN3OS/c20-15-4-2-1-3-13(15)11-16-18(25)24-19(26-16)22-17(23-24)10-7-12-5-8-14(21)9-6-12/h1-11H/b10-7+,16-11+. The van der Waals surface area contributed by atoms with E-state index in [0.29, 0.717) is 20.3 Å². The topological polar surface area (TPSA) is 47.3 Å². The first-order valence-corrected chi connectivity index (χ1v) is 9.68. The summed E-state index contributed by atoms with van der Waals surface area (Å²) in [4.78, 5) is 17.5. The number of halogens is 2. The minimum absolute atomic E-state index is 0.167. The highest BCUT2D eigenvalue weighted by molar-refractivity contribution is 9.10. The largest absolute Gasteiger partial charge is 0.291 e. The quantitative estimate of drug-likeness (QED) is 0.474. The average Bonchev–Trinajstić information content (AvgIpc) is 3.16. The van der Waals surface area contributed by atoms with Crippen molar-refractivity contribution in [2.24, 2.45) is 0 Å². The Bertz CT molecular complexity index is 1230. The first-order valence-electron chi connectivity index (χ1n) is 7.70. The van der Waals surface area contributed by atoms with Crippen LogP contribution < -0.4 is 10.1 Å². The van der Waals surface area contributed by atoms with Gasteiger partial charge in [-0.2, -0.15) is 9.50 Å². The van der Waals surface area contributed by atoms with E-state index in [2.05, 4.69) is 26.0 Å². The Labute approximate surface area is 166 Å². The fourth-order valence-corrected chi connectivity index (χ4v) is 3.83. The molecule has 128 valence electrons. The Morgan fingerprint density at radius 1 is 1.08 bits per heavy atom. The molecule has 0 bridgehead atoms. The predicted molar refractivity (Wildman–Crippen MR) is 110 cm³/mol. The van der Waals surface area contributed by atoms with Crippen LogP contribution in [0.1, 0.15) is 17.0 Å². The fraction of sp³-hybridized carbons (Fsp3) is 0. The highest BCUT2D eigenvalue weighted by Gasteiger charge is 2.09. The number of rotatable bonds is 3. The fourth-order valence-electron chi connectivity index (χ4n) is 2.40. The number of hydrogen-bond donors (Lipinski definition) is 0. The smallest absolute Gasteiger partial charge is 0.266 e. The van der Waals surface area contributed by atoms with E-state index < -0.39 is 0 Å².